The fourth-order valence-electron chi connectivity index (χ4n) is 3.09. The molecule has 0 aromatic carbocycles. The third kappa shape index (κ3) is 10.3. The van der Waals surface area contributed by atoms with Crippen LogP contribution in [0.2, 0.25) is 0 Å². The van der Waals surface area contributed by atoms with E-state index in [1.807, 2.05) is 0 Å². The second kappa shape index (κ2) is 15.7. The number of nitrogens with one attached hydrogen (secondary N) is 4. The topological polar surface area (TPSA) is 172 Å². The number of hydrogen-bond acceptors (Lipinski definition) is 9. The Kier molecular flexibility index (Phi) is 13.4. The van der Waals surface area contributed by atoms with Crippen molar-refractivity contribution in [3.05, 3.63) is 0 Å². The van der Waals surface area contributed by atoms with Gasteiger partial charge in [-0.1, -0.05) is 0 Å². The molecule has 1 rings (SSSR count). The Hall–Kier alpha value is -3.03. The van der Waals surface area contributed by atoms with E-state index >= 15 is 0 Å². The van der Waals surface area contributed by atoms with Crippen molar-refractivity contribution in [2.45, 2.75) is 43.4 Å². The van der Waals surface area contributed by atoms with Crippen molar-refractivity contribution < 1.29 is 38.2 Å². The Morgan fingerprint density at radius 2 is 1.68 bits per heavy atom. The van der Waals surface area contributed by atoms with E-state index in [2.05, 4.69) is 30.7 Å². The minimum atomic E-state index is -0.849. The van der Waals surface area contributed by atoms with Crippen LogP contribution in [-0.2, 0) is 28.7 Å². The number of likely N-dealkylation sites (tertiary alicyclic amines) is 1. The maximum atomic E-state index is 12.4. The molecule has 1 aliphatic heterocycles. The highest BCUT2D eigenvalue weighted by atomic mass is 32.2. The van der Waals surface area contributed by atoms with E-state index in [1.165, 1.54) is 26.0 Å². The maximum Gasteiger partial charge on any atom is 0.407 e. The number of rotatable bonds is 14. The number of methoxy groups -OCH3 is 2. The lowest BCUT2D eigenvalue weighted by Crippen LogP contribution is -2.48. The van der Waals surface area contributed by atoms with Crippen molar-refractivity contribution in [1.29, 1.82) is 0 Å². The van der Waals surface area contributed by atoms with E-state index in [1.54, 1.807) is 6.26 Å². The molecule has 4 N–H and O–H groups in total. The van der Waals surface area contributed by atoms with Crippen LogP contribution in [0.3, 0.4) is 0 Å². The molecule has 0 saturated carbocycles. The largest absolute Gasteiger partial charge is 0.453 e. The van der Waals surface area contributed by atoms with E-state index in [9.17, 15) is 28.8 Å². The first-order valence-corrected chi connectivity index (χ1v) is 12.1. The first-order valence-electron chi connectivity index (χ1n) is 10.8. The summed E-state index contributed by atoms with van der Waals surface area (Å²) in [5, 5.41) is 9.82. The van der Waals surface area contributed by atoms with E-state index in [0.29, 0.717) is 25.8 Å². The van der Waals surface area contributed by atoms with E-state index in [4.69, 9.17) is 0 Å². The molecule has 2 atom stereocenters. The standard InChI is InChI=1S/C20H33N5O8S/c1-32-19(30)23-8-5-4-6-13(24-20(31)33-2)17(28)22-10-9-21-15(26)7-11-25-16(27)12-14(34-3)18(25)29/h13-14H,4-12H2,1-3H3,(H,21,26)(H,22,28)(H,23,30)(H,24,31). The molecule has 2 unspecified atom stereocenters. The van der Waals surface area contributed by atoms with Gasteiger partial charge in [-0.05, 0) is 25.5 Å². The molecule has 192 valence electrons. The van der Waals surface area contributed by atoms with Crippen LogP contribution in [0.1, 0.15) is 32.1 Å². The molecule has 0 spiro atoms. The summed E-state index contributed by atoms with van der Waals surface area (Å²) >= 11 is 1.31. The van der Waals surface area contributed by atoms with Crippen LogP contribution in [0, 0.1) is 0 Å². The third-order valence-electron chi connectivity index (χ3n) is 4.96. The molecule has 1 saturated heterocycles. The van der Waals surface area contributed by atoms with Gasteiger partial charge in [0.25, 0.3) is 0 Å². The predicted octanol–water partition coefficient (Wildman–Crippen LogP) is -0.650. The lowest BCUT2D eigenvalue weighted by molar-refractivity contribution is -0.138. The Balaban J connectivity index is 2.33. The maximum absolute atomic E-state index is 12.4. The van der Waals surface area contributed by atoms with Gasteiger partial charge in [-0.3, -0.25) is 24.1 Å². The van der Waals surface area contributed by atoms with Gasteiger partial charge in [-0.15, -0.1) is 0 Å². The molecule has 0 aromatic heterocycles. The van der Waals surface area contributed by atoms with Crippen molar-refractivity contribution >= 4 is 47.6 Å². The number of carbonyl (C=O) groups excluding carboxylic acids is 6. The average Bonchev–Trinajstić information content (AvgIpc) is 3.10. The number of alkyl carbamates (subject to hydrolysis) is 2. The number of nitrogens with zero attached hydrogens (tertiary/aromatic N) is 1. The molecule has 1 fully saturated rings. The van der Waals surface area contributed by atoms with Crippen molar-refractivity contribution in [2.24, 2.45) is 0 Å². The average molecular weight is 504 g/mol. The van der Waals surface area contributed by atoms with Gasteiger partial charge in [0.1, 0.15) is 6.04 Å². The fraction of sp³-hybridized carbons (Fsp3) is 0.700. The van der Waals surface area contributed by atoms with Gasteiger partial charge in [-0.2, -0.15) is 11.8 Å². The summed E-state index contributed by atoms with van der Waals surface area (Å²) in [6, 6.07) is -0.849. The van der Waals surface area contributed by atoms with Gasteiger partial charge in [0.05, 0.1) is 19.5 Å². The Labute approximate surface area is 202 Å². The molecule has 34 heavy (non-hydrogen) atoms. The highest BCUT2D eigenvalue weighted by molar-refractivity contribution is 8.00. The van der Waals surface area contributed by atoms with Crippen molar-refractivity contribution in [3.63, 3.8) is 0 Å². The smallest absolute Gasteiger partial charge is 0.407 e. The van der Waals surface area contributed by atoms with Crippen LogP contribution in [0.25, 0.3) is 0 Å². The normalized spacial score (nSPS) is 16.0. The summed E-state index contributed by atoms with van der Waals surface area (Å²) in [5.74, 6) is -1.36. The summed E-state index contributed by atoms with van der Waals surface area (Å²) < 4.78 is 9.01. The van der Waals surface area contributed by atoms with Crippen LogP contribution in [0.4, 0.5) is 9.59 Å². The first kappa shape index (κ1) is 29.0. The van der Waals surface area contributed by atoms with Gasteiger partial charge in [0.15, 0.2) is 0 Å². The SMILES string of the molecule is COC(=O)NCCCCC(NC(=O)OC)C(=O)NCCNC(=O)CCN1C(=O)CC(SC)C1=O. The van der Waals surface area contributed by atoms with Crippen LogP contribution < -0.4 is 21.3 Å². The van der Waals surface area contributed by atoms with Crippen LogP contribution in [0.5, 0.6) is 0 Å². The van der Waals surface area contributed by atoms with Crippen LogP contribution >= 0.6 is 11.8 Å². The summed E-state index contributed by atoms with van der Waals surface area (Å²) in [5.41, 5.74) is 0. The van der Waals surface area contributed by atoms with Crippen LogP contribution in [-0.4, -0.2) is 98.7 Å². The molecule has 13 nitrogen and oxygen atoms in total. The van der Waals surface area contributed by atoms with E-state index in [-0.39, 0.29) is 55.4 Å². The molecular formula is C20H33N5O8S. The minimum absolute atomic E-state index is 0.0167. The lowest BCUT2D eigenvalue weighted by atomic mass is 10.1. The zero-order chi connectivity index (χ0) is 25.5. The molecule has 6 amide bonds. The second-order valence-electron chi connectivity index (χ2n) is 7.31. The zero-order valence-electron chi connectivity index (χ0n) is 19.6. The zero-order valence-corrected chi connectivity index (χ0v) is 20.5. The molecule has 1 heterocycles. The van der Waals surface area contributed by atoms with Gasteiger partial charge in [0.2, 0.25) is 23.6 Å². The highest BCUT2D eigenvalue weighted by Gasteiger charge is 2.37. The number of carbonyl (C=O) groups is 6. The van der Waals surface area contributed by atoms with Crippen LogP contribution in [0.15, 0.2) is 0 Å². The summed E-state index contributed by atoms with van der Waals surface area (Å²) in [7, 11) is 2.44. The van der Waals surface area contributed by atoms with Gasteiger partial charge < -0.3 is 30.7 Å². The third-order valence-corrected chi connectivity index (χ3v) is 5.90. The number of amides is 6. The molecule has 0 radical (unpaired) electrons. The minimum Gasteiger partial charge on any atom is -0.453 e. The fourth-order valence-corrected chi connectivity index (χ4v) is 3.73. The van der Waals surface area contributed by atoms with E-state index in [0.717, 1.165) is 4.90 Å². The Morgan fingerprint density at radius 3 is 2.29 bits per heavy atom. The molecule has 0 aromatic rings. The number of hydrogen-bond donors (Lipinski definition) is 4. The number of thioether (sulfide) groups is 1. The van der Waals surface area contributed by atoms with Gasteiger partial charge >= 0.3 is 12.2 Å². The summed E-state index contributed by atoms with van der Waals surface area (Å²) in [6.45, 7) is 0.624. The highest BCUT2D eigenvalue weighted by Crippen LogP contribution is 2.22. The summed E-state index contributed by atoms with van der Waals surface area (Å²) in [4.78, 5) is 72.0. The number of unbranched alkanes of at least 4 members (excludes halogenated alkanes) is 1. The second-order valence-corrected chi connectivity index (χ2v) is 8.35. The monoisotopic (exact) mass is 503 g/mol. The van der Waals surface area contributed by atoms with Crippen molar-refractivity contribution in [2.75, 3.05) is 46.7 Å². The quantitative estimate of drug-likeness (QED) is 0.177. The number of ether oxygens (including phenoxy) is 2. The first-order chi connectivity index (χ1) is 16.2. The van der Waals surface area contributed by atoms with Crippen molar-refractivity contribution in [3.8, 4) is 0 Å². The molecule has 14 heteroatoms. The Bertz CT molecular complexity index is 750. The predicted molar refractivity (Wildman–Crippen MR) is 123 cm³/mol. The van der Waals surface area contributed by atoms with E-state index < -0.39 is 24.1 Å². The summed E-state index contributed by atoms with van der Waals surface area (Å²) in [6.07, 6.45) is 1.99. The van der Waals surface area contributed by atoms with Gasteiger partial charge in [0, 0.05) is 39.0 Å². The molecular weight excluding hydrogens is 470 g/mol. The Morgan fingerprint density at radius 1 is 1.00 bits per heavy atom. The van der Waals surface area contributed by atoms with Gasteiger partial charge in [-0.25, -0.2) is 9.59 Å². The lowest BCUT2D eigenvalue weighted by Gasteiger charge is -2.18. The van der Waals surface area contributed by atoms with Crippen molar-refractivity contribution in [1.82, 2.24) is 26.2 Å². The molecule has 0 aliphatic carbocycles. The number of imide groups is 1. The molecule has 0 bridgehead atoms. The molecule has 1 aliphatic rings.